The number of benzene rings is 10. The summed E-state index contributed by atoms with van der Waals surface area (Å²) in [6.45, 7) is 4.72. The Balaban J connectivity index is 1.17. The van der Waals surface area contributed by atoms with Crippen molar-refractivity contribution in [3.05, 3.63) is 211 Å². The van der Waals surface area contributed by atoms with E-state index in [1.807, 2.05) is 0 Å². The molecule has 2 heteroatoms. The predicted molar refractivity (Wildman–Crippen MR) is 248 cm³/mol. The maximum atomic E-state index is 7.18. The van der Waals surface area contributed by atoms with Gasteiger partial charge in [-0.2, -0.15) is 0 Å². The molecule has 59 heavy (non-hydrogen) atoms. The van der Waals surface area contributed by atoms with Crippen molar-refractivity contribution in [3.8, 4) is 56.0 Å². The molecule has 0 bridgehead atoms. The first-order chi connectivity index (χ1) is 29.0. The molecule has 0 unspecified atom stereocenters. The van der Waals surface area contributed by atoms with Gasteiger partial charge in [-0.25, -0.2) is 0 Å². The van der Waals surface area contributed by atoms with Crippen molar-refractivity contribution in [1.82, 2.24) is 0 Å². The Morgan fingerprint density at radius 2 is 1.05 bits per heavy atom. The van der Waals surface area contributed by atoms with Crippen LogP contribution in [0.2, 0.25) is 0 Å². The lowest BCUT2D eigenvalue weighted by Gasteiger charge is -2.31. The van der Waals surface area contributed by atoms with Crippen LogP contribution in [0.25, 0.3) is 76.8 Å². The highest BCUT2D eigenvalue weighted by atomic mass is 16.5. The molecule has 2 nitrogen and oxygen atoms in total. The molecule has 0 saturated heterocycles. The van der Waals surface area contributed by atoms with Gasteiger partial charge in [-0.05, 0) is 120 Å². The summed E-state index contributed by atoms with van der Waals surface area (Å²) >= 11 is 0. The fraction of sp³-hybridized carbons (Fsp3) is 0.0526. The van der Waals surface area contributed by atoms with Gasteiger partial charge < -0.3 is 9.64 Å². The Kier molecular flexibility index (Phi) is 7.31. The smallest absolute Gasteiger partial charge is 0.137 e. The van der Waals surface area contributed by atoms with Crippen LogP contribution in [0.1, 0.15) is 25.0 Å². The second-order valence-corrected chi connectivity index (χ2v) is 16.5. The highest BCUT2D eigenvalue weighted by Gasteiger charge is 2.36. The highest BCUT2D eigenvalue weighted by molar-refractivity contribution is 6.15. The molecule has 0 saturated carbocycles. The average Bonchev–Trinajstić information content (AvgIpc) is 3.42. The molecule has 12 rings (SSSR count). The fourth-order valence-corrected chi connectivity index (χ4v) is 9.95. The van der Waals surface area contributed by atoms with E-state index >= 15 is 0 Å². The SMILES string of the molecule is CC1(C)c2ccccc2-c2ccc(N(c3cccc4c3-c3ccc(-c5ccccc5)cc3-c3cc5ccccc5cc3O4)c3cc4ccccc4c4ccccc34)cc21. The summed E-state index contributed by atoms with van der Waals surface area (Å²) in [4.78, 5) is 2.50. The quantitative estimate of drug-likeness (QED) is 0.166. The maximum Gasteiger partial charge on any atom is 0.137 e. The molecule has 10 aromatic rings. The van der Waals surface area contributed by atoms with E-state index in [2.05, 4.69) is 219 Å². The fourth-order valence-electron chi connectivity index (χ4n) is 9.95. The Morgan fingerprint density at radius 1 is 0.373 bits per heavy atom. The lowest BCUT2D eigenvalue weighted by Crippen LogP contribution is -2.17. The molecule has 0 spiro atoms. The summed E-state index contributed by atoms with van der Waals surface area (Å²) in [5, 5.41) is 7.19. The topological polar surface area (TPSA) is 12.5 Å². The van der Waals surface area contributed by atoms with Gasteiger partial charge in [-0.15, -0.1) is 0 Å². The van der Waals surface area contributed by atoms with E-state index in [4.69, 9.17) is 4.74 Å². The van der Waals surface area contributed by atoms with Crippen molar-refractivity contribution < 1.29 is 4.74 Å². The van der Waals surface area contributed by atoms with E-state index in [9.17, 15) is 0 Å². The van der Waals surface area contributed by atoms with Gasteiger partial charge in [0, 0.05) is 27.6 Å². The molecule has 1 aliphatic heterocycles. The zero-order chi connectivity index (χ0) is 39.2. The van der Waals surface area contributed by atoms with Gasteiger partial charge in [-0.3, -0.25) is 0 Å². The molecule has 10 aromatic carbocycles. The maximum absolute atomic E-state index is 7.18. The van der Waals surface area contributed by atoms with Gasteiger partial charge in [0.05, 0.1) is 11.4 Å². The minimum Gasteiger partial charge on any atom is -0.456 e. The normalized spacial score (nSPS) is 13.2. The standard InChI is InChI=1S/C57H39NO/c1-57(2)50-24-13-12-22-44(50)45-30-28-41(35-51(45)57)58(53-33-40-19-8-9-20-42(40)43-21-10-11-23-46(43)53)52-25-14-26-54-56(52)47-29-27-39(36-15-4-3-5-16-36)31-48(47)49-32-37-17-6-7-18-38(37)34-55(49)59-54/h3-35H,1-2H3. The lowest BCUT2D eigenvalue weighted by atomic mass is 9.82. The van der Waals surface area contributed by atoms with Gasteiger partial charge in [0.1, 0.15) is 11.5 Å². The van der Waals surface area contributed by atoms with Crippen LogP contribution in [0.5, 0.6) is 11.5 Å². The minimum absolute atomic E-state index is 0.167. The number of hydrogen-bond donors (Lipinski definition) is 0. The molecule has 0 fully saturated rings. The monoisotopic (exact) mass is 753 g/mol. The predicted octanol–water partition coefficient (Wildman–Crippen LogP) is 16.0. The van der Waals surface area contributed by atoms with Crippen LogP contribution in [0.3, 0.4) is 0 Å². The van der Waals surface area contributed by atoms with Crippen LogP contribution in [0.15, 0.2) is 200 Å². The second kappa shape index (κ2) is 12.8. The van der Waals surface area contributed by atoms with Crippen molar-refractivity contribution >= 4 is 49.4 Å². The molecule has 0 amide bonds. The third-order valence-electron chi connectivity index (χ3n) is 12.8. The molecule has 278 valence electrons. The summed E-state index contributed by atoms with van der Waals surface area (Å²) in [6.07, 6.45) is 0. The number of fused-ring (bicyclic) bond motifs is 12. The Bertz CT molecular complexity index is 3340. The first-order valence-corrected chi connectivity index (χ1v) is 20.5. The van der Waals surface area contributed by atoms with E-state index < -0.39 is 0 Å². The number of anilines is 3. The van der Waals surface area contributed by atoms with Crippen LogP contribution in [0, 0.1) is 0 Å². The highest BCUT2D eigenvalue weighted by Crippen LogP contribution is 2.56. The molecule has 1 aliphatic carbocycles. The molecule has 0 aromatic heterocycles. The largest absolute Gasteiger partial charge is 0.456 e. The van der Waals surface area contributed by atoms with Crippen LogP contribution in [-0.4, -0.2) is 0 Å². The van der Waals surface area contributed by atoms with E-state index in [1.54, 1.807) is 0 Å². The van der Waals surface area contributed by atoms with E-state index in [0.717, 1.165) is 56.2 Å². The average molecular weight is 754 g/mol. The Labute approximate surface area is 344 Å². The summed E-state index contributed by atoms with van der Waals surface area (Å²) in [6, 6.07) is 73.3. The third-order valence-corrected chi connectivity index (χ3v) is 12.8. The number of nitrogens with zero attached hydrogens (tertiary/aromatic N) is 1. The zero-order valence-electron chi connectivity index (χ0n) is 32.9. The van der Waals surface area contributed by atoms with Gasteiger partial charge in [0.15, 0.2) is 0 Å². The number of hydrogen-bond acceptors (Lipinski definition) is 2. The van der Waals surface area contributed by atoms with Gasteiger partial charge in [0.2, 0.25) is 0 Å². The first kappa shape index (κ1) is 33.7. The second-order valence-electron chi connectivity index (χ2n) is 16.5. The Hall–Kier alpha value is -7.42. The molecule has 2 aliphatic rings. The van der Waals surface area contributed by atoms with Crippen LogP contribution in [0.4, 0.5) is 17.1 Å². The summed E-state index contributed by atoms with van der Waals surface area (Å²) in [7, 11) is 0. The van der Waals surface area contributed by atoms with E-state index in [-0.39, 0.29) is 5.41 Å². The molecule has 1 heterocycles. The lowest BCUT2D eigenvalue weighted by molar-refractivity contribution is 0.488. The van der Waals surface area contributed by atoms with Crippen LogP contribution >= 0.6 is 0 Å². The third kappa shape index (κ3) is 5.13. The van der Waals surface area contributed by atoms with Gasteiger partial charge in [0.25, 0.3) is 0 Å². The number of rotatable bonds is 4. The Morgan fingerprint density at radius 3 is 1.90 bits per heavy atom. The molecule has 0 N–H and O–H groups in total. The van der Waals surface area contributed by atoms with E-state index in [1.165, 1.54) is 60.3 Å². The molecule has 0 radical (unpaired) electrons. The van der Waals surface area contributed by atoms with Crippen molar-refractivity contribution in [3.63, 3.8) is 0 Å². The summed E-state index contributed by atoms with van der Waals surface area (Å²) in [5.41, 5.74) is 15.2. The zero-order valence-corrected chi connectivity index (χ0v) is 32.9. The van der Waals surface area contributed by atoms with Gasteiger partial charge in [-0.1, -0.05) is 166 Å². The molecular weight excluding hydrogens is 715 g/mol. The van der Waals surface area contributed by atoms with Crippen molar-refractivity contribution in [1.29, 1.82) is 0 Å². The molecular formula is C57H39NO. The van der Waals surface area contributed by atoms with Crippen molar-refractivity contribution in [2.45, 2.75) is 19.3 Å². The van der Waals surface area contributed by atoms with Crippen molar-refractivity contribution in [2.75, 3.05) is 4.90 Å². The van der Waals surface area contributed by atoms with Crippen LogP contribution in [-0.2, 0) is 5.41 Å². The number of ether oxygens (including phenoxy) is 1. The van der Waals surface area contributed by atoms with Crippen molar-refractivity contribution in [2.24, 2.45) is 0 Å². The summed E-state index contributed by atoms with van der Waals surface area (Å²) in [5.74, 6) is 1.68. The van der Waals surface area contributed by atoms with Crippen LogP contribution < -0.4 is 9.64 Å². The van der Waals surface area contributed by atoms with E-state index in [0.29, 0.717) is 0 Å². The first-order valence-electron chi connectivity index (χ1n) is 20.5. The molecule has 0 atom stereocenters. The summed E-state index contributed by atoms with van der Waals surface area (Å²) < 4.78 is 7.18. The minimum atomic E-state index is -0.167. The van der Waals surface area contributed by atoms with Gasteiger partial charge >= 0.3 is 0 Å².